The largest absolute Gasteiger partial charge is 0.325 e. The Hall–Kier alpha value is -1.88. The maximum absolute atomic E-state index is 12.5. The molecule has 1 aromatic heterocycles. The summed E-state index contributed by atoms with van der Waals surface area (Å²) in [5, 5.41) is 2.80. The highest BCUT2D eigenvalue weighted by molar-refractivity contribution is 8.02. The van der Waals surface area contributed by atoms with Crippen LogP contribution < -0.4 is 10.2 Å². The minimum Gasteiger partial charge on any atom is -0.325 e. The van der Waals surface area contributed by atoms with Crippen LogP contribution in [0, 0.1) is 13.8 Å². The number of carbonyl (C=O) groups is 2. The SMILES string of the molecule is Cc1ccc(NC(=O)CN2C(=O)CSc3sc(S(=O)(=O)N(C)C)cc32)cc1C. The lowest BCUT2D eigenvalue weighted by Gasteiger charge is -2.25. The molecule has 0 atom stereocenters. The van der Waals surface area contributed by atoms with Gasteiger partial charge >= 0.3 is 0 Å². The molecule has 1 N–H and O–H groups in total. The number of amides is 2. The topological polar surface area (TPSA) is 86.8 Å². The first kappa shape index (κ1) is 20.8. The molecule has 150 valence electrons. The second kappa shape index (κ2) is 7.86. The summed E-state index contributed by atoms with van der Waals surface area (Å²) in [5.74, 6) is -0.386. The predicted molar refractivity (Wildman–Crippen MR) is 113 cm³/mol. The molecule has 0 spiro atoms. The van der Waals surface area contributed by atoms with Gasteiger partial charge in [0.15, 0.2) is 0 Å². The number of nitrogens with zero attached hydrogens (tertiary/aromatic N) is 2. The molecule has 2 amide bonds. The Morgan fingerprint density at radius 1 is 1.21 bits per heavy atom. The van der Waals surface area contributed by atoms with Crippen molar-refractivity contribution in [1.82, 2.24) is 4.31 Å². The summed E-state index contributed by atoms with van der Waals surface area (Å²) in [4.78, 5) is 26.3. The van der Waals surface area contributed by atoms with Gasteiger partial charge < -0.3 is 10.2 Å². The zero-order valence-corrected chi connectivity index (χ0v) is 18.4. The number of thioether (sulfide) groups is 1. The van der Waals surface area contributed by atoms with Gasteiger partial charge in [0.05, 0.1) is 15.6 Å². The van der Waals surface area contributed by atoms with E-state index in [4.69, 9.17) is 0 Å². The highest BCUT2D eigenvalue weighted by Gasteiger charge is 2.32. The molecule has 7 nitrogen and oxygen atoms in total. The van der Waals surface area contributed by atoms with Crippen LogP contribution in [0.25, 0.3) is 0 Å². The number of hydrogen-bond donors (Lipinski definition) is 1. The van der Waals surface area contributed by atoms with Gasteiger partial charge in [-0.25, -0.2) is 12.7 Å². The van der Waals surface area contributed by atoms with Gasteiger partial charge in [-0.2, -0.15) is 0 Å². The van der Waals surface area contributed by atoms with E-state index in [0.717, 1.165) is 31.0 Å². The van der Waals surface area contributed by atoms with E-state index in [1.165, 1.54) is 36.8 Å². The summed E-state index contributed by atoms with van der Waals surface area (Å²) >= 11 is 2.42. The fourth-order valence-corrected chi connectivity index (χ4v) is 6.55. The van der Waals surface area contributed by atoms with Crippen LogP contribution in [0.2, 0.25) is 0 Å². The lowest BCUT2D eigenvalue weighted by Crippen LogP contribution is -2.40. The van der Waals surface area contributed by atoms with Crippen LogP contribution in [0.15, 0.2) is 32.7 Å². The van der Waals surface area contributed by atoms with Gasteiger partial charge in [0, 0.05) is 19.8 Å². The number of fused-ring (bicyclic) bond motifs is 1. The number of anilines is 2. The number of aryl methyl sites for hydroxylation is 2. The molecule has 0 fully saturated rings. The fourth-order valence-electron chi connectivity index (χ4n) is 2.62. The van der Waals surface area contributed by atoms with Crippen molar-refractivity contribution < 1.29 is 18.0 Å². The Morgan fingerprint density at radius 3 is 2.57 bits per heavy atom. The van der Waals surface area contributed by atoms with E-state index in [1.54, 1.807) is 0 Å². The van der Waals surface area contributed by atoms with E-state index < -0.39 is 10.0 Å². The van der Waals surface area contributed by atoms with Crippen molar-refractivity contribution in [2.75, 3.05) is 36.6 Å². The standard InChI is InChI=1S/C18H21N3O4S3/c1-11-5-6-13(7-12(11)2)19-15(22)9-21-14-8-17(28(24,25)20(3)4)27-18(14)26-10-16(21)23/h5-8H,9-10H2,1-4H3,(H,19,22). The summed E-state index contributed by atoms with van der Waals surface area (Å²) in [6.07, 6.45) is 0. The van der Waals surface area contributed by atoms with Crippen molar-refractivity contribution in [2.45, 2.75) is 22.3 Å². The molecular weight excluding hydrogens is 418 g/mol. The lowest BCUT2D eigenvalue weighted by atomic mass is 10.1. The fraction of sp³-hybridized carbons (Fsp3) is 0.333. The summed E-state index contributed by atoms with van der Waals surface area (Å²) in [6, 6.07) is 7.08. The van der Waals surface area contributed by atoms with Crippen LogP contribution in [0.4, 0.5) is 11.4 Å². The Kier molecular flexibility index (Phi) is 5.85. The normalized spacial score (nSPS) is 14.3. The monoisotopic (exact) mass is 439 g/mol. The van der Waals surface area contributed by atoms with E-state index in [9.17, 15) is 18.0 Å². The number of nitrogens with one attached hydrogen (secondary N) is 1. The molecule has 0 saturated carbocycles. The number of rotatable bonds is 5. The second-order valence-electron chi connectivity index (χ2n) is 6.64. The minimum atomic E-state index is -3.60. The lowest BCUT2D eigenvalue weighted by molar-refractivity contribution is -0.120. The van der Waals surface area contributed by atoms with Gasteiger partial charge in [-0.3, -0.25) is 9.59 Å². The van der Waals surface area contributed by atoms with Crippen LogP contribution in [-0.2, 0) is 19.6 Å². The van der Waals surface area contributed by atoms with Gasteiger partial charge in [0.2, 0.25) is 11.8 Å². The van der Waals surface area contributed by atoms with Crippen LogP contribution in [0.5, 0.6) is 0 Å². The van der Waals surface area contributed by atoms with E-state index in [1.807, 2.05) is 32.0 Å². The molecule has 10 heteroatoms. The van der Waals surface area contributed by atoms with Crippen LogP contribution in [0.1, 0.15) is 11.1 Å². The van der Waals surface area contributed by atoms with Crippen molar-refractivity contribution in [3.63, 3.8) is 0 Å². The molecule has 0 unspecified atom stereocenters. The number of thiophene rings is 1. The Bertz CT molecular complexity index is 1040. The summed E-state index contributed by atoms with van der Waals surface area (Å²) in [6.45, 7) is 3.78. The summed E-state index contributed by atoms with van der Waals surface area (Å²) in [5.41, 5.74) is 3.32. The third-order valence-electron chi connectivity index (χ3n) is 4.40. The first-order chi connectivity index (χ1) is 13.1. The molecule has 0 aliphatic carbocycles. The van der Waals surface area contributed by atoms with E-state index >= 15 is 0 Å². The van der Waals surface area contributed by atoms with Crippen LogP contribution >= 0.6 is 23.1 Å². The molecule has 0 radical (unpaired) electrons. The molecule has 1 aliphatic rings. The predicted octanol–water partition coefficient (Wildman–Crippen LogP) is 2.69. The summed E-state index contributed by atoms with van der Waals surface area (Å²) < 4.78 is 26.8. The third kappa shape index (κ3) is 4.09. The van der Waals surface area contributed by atoms with Gasteiger partial charge in [-0.15, -0.1) is 23.1 Å². The van der Waals surface area contributed by atoms with Crippen molar-refractivity contribution in [2.24, 2.45) is 0 Å². The zero-order chi connectivity index (χ0) is 20.6. The first-order valence-electron chi connectivity index (χ1n) is 8.46. The van der Waals surface area contributed by atoms with Crippen molar-refractivity contribution >= 4 is 56.3 Å². The highest BCUT2D eigenvalue weighted by atomic mass is 32.3. The molecule has 2 heterocycles. The van der Waals surface area contributed by atoms with Gasteiger partial charge in [-0.05, 0) is 43.2 Å². The Labute approximate surface area is 172 Å². The highest BCUT2D eigenvalue weighted by Crippen LogP contribution is 2.44. The van der Waals surface area contributed by atoms with Crippen LogP contribution in [0.3, 0.4) is 0 Å². The van der Waals surface area contributed by atoms with Crippen molar-refractivity contribution in [3.05, 3.63) is 35.4 Å². The molecular formula is C18H21N3O4S3. The molecule has 1 aromatic carbocycles. The molecule has 2 aromatic rings. The Morgan fingerprint density at radius 2 is 1.93 bits per heavy atom. The van der Waals surface area contributed by atoms with Gasteiger partial charge in [0.25, 0.3) is 10.0 Å². The molecule has 0 bridgehead atoms. The second-order valence-corrected chi connectivity index (χ2v) is 11.3. The molecule has 28 heavy (non-hydrogen) atoms. The average molecular weight is 440 g/mol. The number of carbonyl (C=O) groups excluding carboxylic acids is 2. The number of benzene rings is 1. The zero-order valence-electron chi connectivity index (χ0n) is 16.0. The third-order valence-corrected chi connectivity index (χ3v) is 9.05. The smallest absolute Gasteiger partial charge is 0.252 e. The maximum Gasteiger partial charge on any atom is 0.252 e. The van der Waals surface area contributed by atoms with E-state index in [0.29, 0.717) is 11.4 Å². The minimum absolute atomic E-state index is 0.157. The molecule has 0 saturated heterocycles. The maximum atomic E-state index is 12.5. The number of hydrogen-bond acceptors (Lipinski definition) is 6. The number of sulfonamides is 1. The molecule has 3 rings (SSSR count). The summed E-state index contributed by atoms with van der Waals surface area (Å²) in [7, 11) is -0.679. The van der Waals surface area contributed by atoms with Gasteiger partial charge in [-0.1, -0.05) is 6.07 Å². The van der Waals surface area contributed by atoms with Gasteiger partial charge in [0.1, 0.15) is 10.8 Å². The van der Waals surface area contributed by atoms with Crippen molar-refractivity contribution in [1.29, 1.82) is 0 Å². The first-order valence-corrected chi connectivity index (χ1v) is 11.7. The van der Waals surface area contributed by atoms with Crippen molar-refractivity contribution in [3.8, 4) is 0 Å². The quantitative estimate of drug-likeness (QED) is 0.774. The van der Waals surface area contributed by atoms with Crippen LogP contribution in [-0.4, -0.2) is 50.9 Å². The Balaban J connectivity index is 1.83. The molecule has 1 aliphatic heterocycles. The van der Waals surface area contributed by atoms with E-state index in [-0.39, 0.29) is 28.3 Å². The average Bonchev–Trinajstić information content (AvgIpc) is 3.06. The van der Waals surface area contributed by atoms with E-state index in [2.05, 4.69) is 5.32 Å².